The Morgan fingerprint density at radius 2 is 1.32 bits per heavy atom. The lowest BCUT2D eigenvalue weighted by atomic mass is 9.70. The average Bonchev–Trinajstić information content (AvgIpc) is 2.96. The molecule has 0 aromatic carbocycles. The Morgan fingerprint density at radius 3 is 1.89 bits per heavy atom. The van der Waals surface area contributed by atoms with Crippen molar-refractivity contribution in [2.24, 2.45) is 11.1 Å². The van der Waals surface area contributed by atoms with Crippen molar-refractivity contribution in [3.63, 3.8) is 0 Å². The van der Waals surface area contributed by atoms with Crippen LogP contribution in [0, 0.1) is 5.41 Å². The molecule has 2 heteroatoms. The van der Waals surface area contributed by atoms with E-state index in [-0.39, 0.29) is 0 Å². The maximum atomic E-state index is 6.22. The number of hydrogen-bond donors (Lipinski definition) is 1. The second-order valence-electron chi connectivity index (χ2n) is 8.00. The summed E-state index contributed by atoms with van der Waals surface area (Å²) in [5.74, 6) is 0. The molecule has 2 bridgehead atoms. The molecule has 2 nitrogen and oxygen atoms in total. The van der Waals surface area contributed by atoms with Gasteiger partial charge in [0, 0.05) is 24.2 Å². The Kier molecular flexibility index (Phi) is 3.15. The quantitative estimate of drug-likeness (QED) is 0.784. The molecule has 2 aliphatic heterocycles. The molecule has 1 spiro atoms. The van der Waals surface area contributed by atoms with E-state index in [1.807, 2.05) is 0 Å². The number of nitrogens with two attached hydrogens (primary N) is 1. The monoisotopic (exact) mass is 262 g/mol. The van der Waals surface area contributed by atoms with Gasteiger partial charge in [0.2, 0.25) is 0 Å². The molecule has 4 aliphatic rings. The van der Waals surface area contributed by atoms with Crippen LogP contribution >= 0.6 is 0 Å². The highest BCUT2D eigenvalue weighted by atomic mass is 15.3. The van der Waals surface area contributed by atoms with Crippen LogP contribution in [0.4, 0.5) is 0 Å². The van der Waals surface area contributed by atoms with Crippen molar-refractivity contribution in [1.82, 2.24) is 4.90 Å². The summed E-state index contributed by atoms with van der Waals surface area (Å²) in [6.45, 7) is 0. The molecule has 4 fully saturated rings. The van der Waals surface area contributed by atoms with Crippen molar-refractivity contribution in [3.8, 4) is 0 Å². The number of rotatable bonds is 1. The molecule has 19 heavy (non-hydrogen) atoms. The zero-order valence-electron chi connectivity index (χ0n) is 12.3. The average molecular weight is 262 g/mol. The van der Waals surface area contributed by atoms with Gasteiger partial charge >= 0.3 is 0 Å². The second-order valence-corrected chi connectivity index (χ2v) is 8.00. The van der Waals surface area contributed by atoms with E-state index in [1.54, 1.807) is 0 Å². The molecule has 108 valence electrons. The number of fused-ring (bicyclic) bond motifs is 2. The van der Waals surface area contributed by atoms with Crippen molar-refractivity contribution >= 4 is 0 Å². The largest absolute Gasteiger partial charge is 0.328 e. The van der Waals surface area contributed by atoms with Crippen LogP contribution in [0.2, 0.25) is 0 Å². The highest BCUT2D eigenvalue weighted by Crippen LogP contribution is 2.51. The maximum Gasteiger partial charge on any atom is 0.0116 e. The summed E-state index contributed by atoms with van der Waals surface area (Å²) < 4.78 is 0. The SMILES string of the molecule is NC1CC2CCC(C1)N2C1CCC2(CCCC2)CC1. The van der Waals surface area contributed by atoms with Gasteiger partial charge in [-0.15, -0.1) is 0 Å². The first kappa shape index (κ1) is 12.6. The lowest BCUT2D eigenvalue weighted by Gasteiger charge is -2.47. The molecule has 2 N–H and O–H groups in total. The minimum atomic E-state index is 0.499. The fourth-order valence-electron chi connectivity index (χ4n) is 5.99. The van der Waals surface area contributed by atoms with Gasteiger partial charge in [0.15, 0.2) is 0 Å². The van der Waals surface area contributed by atoms with Gasteiger partial charge in [-0.3, -0.25) is 4.90 Å². The molecule has 2 aliphatic carbocycles. The van der Waals surface area contributed by atoms with Crippen molar-refractivity contribution in [2.75, 3.05) is 0 Å². The van der Waals surface area contributed by atoms with Crippen LogP contribution in [-0.2, 0) is 0 Å². The van der Waals surface area contributed by atoms with E-state index < -0.39 is 0 Å². The molecule has 0 radical (unpaired) electrons. The smallest absolute Gasteiger partial charge is 0.0116 e. The van der Waals surface area contributed by atoms with E-state index in [9.17, 15) is 0 Å². The summed E-state index contributed by atoms with van der Waals surface area (Å²) in [6.07, 6.45) is 17.5. The third-order valence-electron chi connectivity index (χ3n) is 6.93. The Hall–Kier alpha value is -0.0800. The third kappa shape index (κ3) is 2.15. The number of nitrogens with zero attached hydrogens (tertiary/aromatic N) is 1. The molecule has 4 rings (SSSR count). The summed E-state index contributed by atoms with van der Waals surface area (Å²) in [5.41, 5.74) is 7.01. The Labute approximate surface area is 118 Å². The summed E-state index contributed by atoms with van der Waals surface area (Å²) in [6, 6.07) is 3.10. The normalized spacial score (nSPS) is 43.1. The zero-order valence-corrected chi connectivity index (χ0v) is 12.3. The van der Waals surface area contributed by atoms with Crippen molar-refractivity contribution < 1.29 is 0 Å². The van der Waals surface area contributed by atoms with Crippen LogP contribution < -0.4 is 5.73 Å². The molecule has 0 amide bonds. The number of piperidine rings is 1. The first-order valence-electron chi connectivity index (χ1n) is 8.79. The van der Waals surface area contributed by atoms with Crippen molar-refractivity contribution in [3.05, 3.63) is 0 Å². The Morgan fingerprint density at radius 1 is 0.737 bits per heavy atom. The first-order valence-corrected chi connectivity index (χ1v) is 8.79. The van der Waals surface area contributed by atoms with Gasteiger partial charge in [-0.05, 0) is 69.6 Å². The number of hydrogen-bond acceptors (Lipinski definition) is 2. The predicted molar refractivity (Wildman–Crippen MR) is 79.0 cm³/mol. The lowest BCUT2D eigenvalue weighted by Crippen LogP contribution is -2.53. The minimum Gasteiger partial charge on any atom is -0.328 e. The zero-order chi connectivity index (χ0) is 12.9. The lowest BCUT2D eigenvalue weighted by molar-refractivity contribution is 0.0294. The second kappa shape index (κ2) is 4.73. The molecule has 2 unspecified atom stereocenters. The summed E-state index contributed by atoms with van der Waals surface area (Å²) in [4.78, 5) is 2.94. The van der Waals surface area contributed by atoms with Gasteiger partial charge in [-0.25, -0.2) is 0 Å². The topological polar surface area (TPSA) is 29.3 Å². The third-order valence-corrected chi connectivity index (χ3v) is 6.93. The molecule has 0 aromatic rings. The van der Waals surface area contributed by atoms with Crippen LogP contribution in [-0.4, -0.2) is 29.1 Å². The summed E-state index contributed by atoms with van der Waals surface area (Å²) >= 11 is 0. The standard InChI is InChI=1S/C17H30N2/c18-13-11-15-3-4-16(12-13)19(15)14-5-9-17(10-6-14)7-1-2-8-17/h13-16H,1-12,18H2. The minimum absolute atomic E-state index is 0.499. The predicted octanol–water partition coefficient (Wildman–Crippen LogP) is 3.44. The molecule has 2 saturated heterocycles. The first-order chi connectivity index (χ1) is 9.26. The molecular weight excluding hydrogens is 232 g/mol. The van der Waals surface area contributed by atoms with E-state index in [2.05, 4.69) is 4.90 Å². The van der Waals surface area contributed by atoms with Crippen LogP contribution in [0.25, 0.3) is 0 Å². The van der Waals surface area contributed by atoms with E-state index in [0.717, 1.165) is 23.5 Å². The Bertz CT molecular complexity index is 310. The molecular formula is C17H30N2. The van der Waals surface area contributed by atoms with Crippen molar-refractivity contribution in [1.29, 1.82) is 0 Å². The fourth-order valence-corrected chi connectivity index (χ4v) is 5.99. The Balaban J connectivity index is 1.42. The van der Waals surface area contributed by atoms with Gasteiger partial charge in [-0.1, -0.05) is 12.8 Å². The molecule has 2 heterocycles. The van der Waals surface area contributed by atoms with Crippen LogP contribution in [0.15, 0.2) is 0 Å². The van der Waals surface area contributed by atoms with E-state index in [1.165, 1.54) is 77.0 Å². The van der Waals surface area contributed by atoms with E-state index >= 15 is 0 Å². The maximum absolute atomic E-state index is 6.22. The summed E-state index contributed by atoms with van der Waals surface area (Å²) in [7, 11) is 0. The van der Waals surface area contributed by atoms with Gasteiger partial charge in [-0.2, -0.15) is 0 Å². The highest BCUT2D eigenvalue weighted by molar-refractivity contribution is 5.01. The van der Waals surface area contributed by atoms with E-state index in [0.29, 0.717) is 6.04 Å². The van der Waals surface area contributed by atoms with Crippen LogP contribution in [0.1, 0.15) is 77.0 Å². The van der Waals surface area contributed by atoms with Gasteiger partial charge in [0.1, 0.15) is 0 Å². The van der Waals surface area contributed by atoms with Gasteiger partial charge in [0.25, 0.3) is 0 Å². The highest BCUT2D eigenvalue weighted by Gasteiger charge is 2.46. The van der Waals surface area contributed by atoms with Crippen molar-refractivity contribution in [2.45, 2.75) is 101 Å². The fraction of sp³-hybridized carbons (Fsp3) is 1.00. The molecule has 0 aromatic heterocycles. The van der Waals surface area contributed by atoms with Crippen LogP contribution in [0.3, 0.4) is 0 Å². The van der Waals surface area contributed by atoms with E-state index in [4.69, 9.17) is 5.73 Å². The van der Waals surface area contributed by atoms with Gasteiger partial charge in [0.05, 0.1) is 0 Å². The molecule has 2 atom stereocenters. The van der Waals surface area contributed by atoms with Gasteiger partial charge < -0.3 is 5.73 Å². The molecule has 2 saturated carbocycles. The van der Waals surface area contributed by atoms with Crippen LogP contribution in [0.5, 0.6) is 0 Å². The summed E-state index contributed by atoms with van der Waals surface area (Å²) in [5, 5.41) is 0.